The van der Waals surface area contributed by atoms with Crippen molar-refractivity contribution >= 4 is 23.9 Å². The molecule has 1 aromatic heterocycles. The third kappa shape index (κ3) is 5.49. The van der Waals surface area contributed by atoms with Crippen LogP contribution in [0.4, 0.5) is 0 Å². The highest BCUT2D eigenvalue weighted by Crippen LogP contribution is 2.34. The number of rotatable bonds is 6. The fraction of sp³-hybridized carbons (Fsp3) is 0.625. The van der Waals surface area contributed by atoms with Gasteiger partial charge in [0.25, 0.3) is 0 Å². The summed E-state index contributed by atoms with van der Waals surface area (Å²) in [6, 6.07) is 0. The highest BCUT2D eigenvalue weighted by Gasteiger charge is 2.53. The van der Waals surface area contributed by atoms with Gasteiger partial charge in [0, 0.05) is 27.7 Å². The van der Waals surface area contributed by atoms with Crippen LogP contribution in [0.1, 0.15) is 33.9 Å². The lowest BCUT2D eigenvalue weighted by molar-refractivity contribution is -0.270. The van der Waals surface area contributed by atoms with E-state index in [2.05, 4.69) is 10.1 Å². The molecule has 1 aliphatic rings. The quantitative estimate of drug-likeness (QED) is 0.452. The van der Waals surface area contributed by atoms with Crippen LogP contribution in [-0.4, -0.2) is 69.7 Å². The van der Waals surface area contributed by atoms with E-state index in [9.17, 15) is 19.2 Å². The second-order valence-corrected chi connectivity index (χ2v) is 5.97. The van der Waals surface area contributed by atoms with Crippen molar-refractivity contribution in [3.63, 3.8) is 0 Å². The molecule has 0 amide bonds. The summed E-state index contributed by atoms with van der Waals surface area (Å²) in [7, 11) is 0. The summed E-state index contributed by atoms with van der Waals surface area (Å²) in [6.07, 6.45) is -3.23. The molecule has 12 nitrogen and oxygen atoms in total. The lowest BCUT2D eigenvalue weighted by Gasteiger charge is -2.44. The maximum absolute atomic E-state index is 11.7. The van der Waals surface area contributed by atoms with E-state index >= 15 is 0 Å². The highest BCUT2D eigenvalue weighted by molar-refractivity contribution is 5.68. The summed E-state index contributed by atoms with van der Waals surface area (Å²) >= 11 is 0. The molecule has 0 bridgehead atoms. The SMILES string of the molecule is CC(=O)OC[C@H]1O[C@@H](n2cncn2)[C@H](OC(C)=O)[C@@H](OC(C)=O)[C@@H]1OC(C)=O. The van der Waals surface area contributed by atoms with Crippen molar-refractivity contribution in [2.75, 3.05) is 6.61 Å². The topological polar surface area (TPSA) is 145 Å². The van der Waals surface area contributed by atoms with Crippen LogP contribution in [0.5, 0.6) is 0 Å². The van der Waals surface area contributed by atoms with Gasteiger partial charge in [-0.15, -0.1) is 0 Å². The van der Waals surface area contributed by atoms with E-state index in [-0.39, 0.29) is 6.61 Å². The van der Waals surface area contributed by atoms with Gasteiger partial charge < -0.3 is 23.7 Å². The van der Waals surface area contributed by atoms with Crippen LogP contribution in [0.15, 0.2) is 12.7 Å². The number of carbonyl (C=O) groups excluding carboxylic acids is 4. The molecule has 12 heteroatoms. The normalized spacial score (nSPS) is 26.8. The Kier molecular flexibility index (Phi) is 7.04. The summed E-state index contributed by atoms with van der Waals surface area (Å²) in [5, 5.41) is 3.96. The zero-order valence-electron chi connectivity index (χ0n) is 15.8. The summed E-state index contributed by atoms with van der Waals surface area (Å²) in [5.41, 5.74) is 0. The van der Waals surface area contributed by atoms with Crippen LogP contribution in [0, 0.1) is 0 Å². The standard InChI is InChI=1S/C16H21N3O9/c1-8(20)24-5-12-13(25-9(2)21)14(26-10(3)22)15(27-11(4)23)16(28-12)19-7-17-6-18-19/h6-7,12-16H,5H2,1-4H3/t12-,13-,14+,15-,16-/m1/s1. The van der Waals surface area contributed by atoms with Gasteiger partial charge in [-0.05, 0) is 0 Å². The smallest absolute Gasteiger partial charge is 0.303 e. The van der Waals surface area contributed by atoms with Crippen LogP contribution >= 0.6 is 0 Å². The van der Waals surface area contributed by atoms with Crippen LogP contribution in [0.25, 0.3) is 0 Å². The number of carbonyl (C=O) groups is 4. The minimum atomic E-state index is -1.24. The first-order valence-corrected chi connectivity index (χ1v) is 8.33. The van der Waals surface area contributed by atoms with Gasteiger partial charge in [0.2, 0.25) is 0 Å². The van der Waals surface area contributed by atoms with Gasteiger partial charge >= 0.3 is 23.9 Å². The Morgan fingerprint density at radius 2 is 1.46 bits per heavy atom. The van der Waals surface area contributed by atoms with Crippen LogP contribution in [0.2, 0.25) is 0 Å². The Labute approximate surface area is 160 Å². The molecule has 1 aliphatic heterocycles. The van der Waals surface area contributed by atoms with E-state index in [1.54, 1.807) is 0 Å². The van der Waals surface area contributed by atoms with Crippen molar-refractivity contribution in [2.45, 2.75) is 58.3 Å². The predicted molar refractivity (Wildman–Crippen MR) is 87.2 cm³/mol. The van der Waals surface area contributed by atoms with Gasteiger partial charge in [0.15, 0.2) is 24.5 Å². The Balaban J connectivity index is 2.45. The minimum Gasteiger partial charge on any atom is -0.463 e. The molecule has 2 heterocycles. The number of ether oxygens (including phenoxy) is 5. The fourth-order valence-electron chi connectivity index (χ4n) is 2.77. The first kappa shape index (κ1) is 21.3. The monoisotopic (exact) mass is 399 g/mol. The second kappa shape index (κ2) is 9.26. The molecule has 1 saturated heterocycles. The first-order valence-electron chi connectivity index (χ1n) is 8.33. The van der Waals surface area contributed by atoms with E-state index in [0.29, 0.717) is 0 Å². The Morgan fingerprint density at radius 1 is 0.893 bits per heavy atom. The Bertz CT molecular complexity index is 721. The largest absolute Gasteiger partial charge is 0.463 e. The van der Waals surface area contributed by atoms with Crippen molar-refractivity contribution in [3.05, 3.63) is 12.7 Å². The highest BCUT2D eigenvalue weighted by atomic mass is 16.7. The molecule has 0 aromatic carbocycles. The van der Waals surface area contributed by atoms with E-state index in [0.717, 1.165) is 20.8 Å². The van der Waals surface area contributed by atoms with Crippen molar-refractivity contribution < 1.29 is 42.9 Å². The molecular weight excluding hydrogens is 378 g/mol. The average molecular weight is 399 g/mol. The van der Waals surface area contributed by atoms with Crippen molar-refractivity contribution in [2.24, 2.45) is 0 Å². The van der Waals surface area contributed by atoms with Gasteiger partial charge in [-0.1, -0.05) is 0 Å². The molecule has 0 saturated carbocycles. The molecule has 0 radical (unpaired) electrons. The van der Waals surface area contributed by atoms with Crippen LogP contribution in [0.3, 0.4) is 0 Å². The minimum absolute atomic E-state index is 0.303. The van der Waals surface area contributed by atoms with Crippen LogP contribution in [-0.2, 0) is 42.9 Å². The molecular formula is C16H21N3O9. The molecule has 1 fully saturated rings. The number of hydrogen-bond acceptors (Lipinski definition) is 11. The molecule has 154 valence electrons. The van der Waals surface area contributed by atoms with Gasteiger partial charge in [-0.25, -0.2) is 9.67 Å². The molecule has 28 heavy (non-hydrogen) atoms. The summed E-state index contributed by atoms with van der Waals surface area (Å²) in [4.78, 5) is 50.0. The second-order valence-electron chi connectivity index (χ2n) is 5.97. The number of aromatic nitrogens is 3. The third-order valence-electron chi connectivity index (χ3n) is 3.66. The number of nitrogens with zero attached hydrogens (tertiary/aromatic N) is 3. The molecule has 1 aromatic rings. The molecule has 0 unspecified atom stereocenters. The fourth-order valence-corrected chi connectivity index (χ4v) is 2.77. The van der Waals surface area contributed by atoms with Crippen molar-refractivity contribution in [1.82, 2.24) is 14.8 Å². The van der Waals surface area contributed by atoms with E-state index in [1.165, 1.54) is 24.3 Å². The zero-order chi connectivity index (χ0) is 20.8. The number of hydrogen-bond donors (Lipinski definition) is 0. The van der Waals surface area contributed by atoms with E-state index in [1.807, 2.05) is 0 Å². The van der Waals surface area contributed by atoms with Gasteiger partial charge in [-0.2, -0.15) is 5.10 Å². The van der Waals surface area contributed by atoms with E-state index < -0.39 is 54.5 Å². The summed E-state index contributed by atoms with van der Waals surface area (Å²) < 4.78 is 27.9. The maximum Gasteiger partial charge on any atom is 0.303 e. The lowest BCUT2D eigenvalue weighted by Crippen LogP contribution is -2.60. The maximum atomic E-state index is 11.7. The molecule has 5 atom stereocenters. The number of esters is 4. The summed E-state index contributed by atoms with van der Waals surface area (Å²) in [5.74, 6) is -2.67. The molecule has 2 rings (SSSR count). The zero-order valence-corrected chi connectivity index (χ0v) is 15.8. The van der Waals surface area contributed by atoms with Crippen LogP contribution < -0.4 is 0 Å². The van der Waals surface area contributed by atoms with Crippen molar-refractivity contribution in [1.29, 1.82) is 0 Å². The first-order chi connectivity index (χ1) is 13.2. The lowest BCUT2D eigenvalue weighted by atomic mass is 9.97. The molecule has 0 N–H and O–H groups in total. The average Bonchev–Trinajstić information content (AvgIpc) is 3.09. The molecule has 0 aliphatic carbocycles. The Morgan fingerprint density at radius 3 is 1.96 bits per heavy atom. The third-order valence-corrected chi connectivity index (χ3v) is 3.66. The van der Waals surface area contributed by atoms with E-state index in [4.69, 9.17) is 23.7 Å². The van der Waals surface area contributed by atoms with Crippen molar-refractivity contribution in [3.8, 4) is 0 Å². The van der Waals surface area contributed by atoms with Gasteiger partial charge in [0.05, 0.1) is 0 Å². The Hall–Kier alpha value is -3.02. The predicted octanol–water partition coefficient (Wildman–Crippen LogP) is -0.466. The van der Waals surface area contributed by atoms with Gasteiger partial charge in [0.1, 0.15) is 25.4 Å². The summed E-state index contributed by atoms with van der Waals surface area (Å²) in [6.45, 7) is 4.36. The van der Waals surface area contributed by atoms with Gasteiger partial charge in [-0.3, -0.25) is 19.2 Å². The molecule has 0 spiro atoms.